The van der Waals surface area contributed by atoms with E-state index in [4.69, 9.17) is 5.11 Å². The van der Waals surface area contributed by atoms with Gasteiger partial charge in [-0.15, -0.1) is 0 Å². The van der Waals surface area contributed by atoms with Crippen molar-refractivity contribution in [2.45, 2.75) is 13.1 Å². The first-order valence-electron chi connectivity index (χ1n) is 6.63. The molecule has 0 bridgehead atoms. The molecule has 5 nitrogen and oxygen atoms in total. The molecule has 0 aromatic heterocycles. The van der Waals surface area contributed by atoms with Crippen molar-refractivity contribution in [3.8, 4) is 0 Å². The monoisotopic (exact) mass is 362 g/mol. The molecule has 0 saturated heterocycles. The minimum atomic E-state index is -0.967. The molecule has 2 amide bonds. The number of amides is 2. The quantitative estimate of drug-likeness (QED) is 0.764. The Morgan fingerprint density at radius 1 is 0.955 bits per heavy atom. The van der Waals surface area contributed by atoms with Gasteiger partial charge in [-0.25, -0.2) is 9.59 Å². The average molecular weight is 363 g/mol. The van der Waals surface area contributed by atoms with Crippen molar-refractivity contribution in [1.29, 1.82) is 0 Å². The Morgan fingerprint density at radius 2 is 1.59 bits per heavy atom. The van der Waals surface area contributed by atoms with Crippen LogP contribution < -0.4 is 10.6 Å². The van der Waals surface area contributed by atoms with Crippen LogP contribution in [0.2, 0.25) is 0 Å². The Kier molecular flexibility index (Phi) is 5.55. The normalized spacial score (nSPS) is 10.0. The van der Waals surface area contributed by atoms with Crippen molar-refractivity contribution >= 4 is 27.9 Å². The number of benzene rings is 2. The number of nitrogens with one attached hydrogen (secondary N) is 2. The van der Waals surface area contributed by atoms with Gasteiger partial charge in [0, 0.05) is 17.6 Å². The van der Waals surface area contributed by atoms with E-state index in [1.54, 1.807) is 12.1 Å². The predicted octanol–water partition coefficient (Wildman–Crippen LogP) is 3.15. The maximum atomic E-state index is 11.7. The molecular formula is C16H15BrN2O3. The number of urea groups is 1. The molecule has 22 heavy (non-hydrogen) atoms. The van der Waals surface area contributed by atoms with Crippen LogP contribution in [0.3, 0.4) is 0 Å². The van der Waals surface area contributed by atoms with E-state index in [-0.39, 0.29) is 11.6 Å². The number of aromatic carboxylic acids is 1. The van der Waals surface area contributed by atoms with Crippen LogP contribution >= 0.6 is 15.9 Å². The summed E-state index contributed by atoms with van der Waals surface area (Å²) < 4.78 is 0.944. The van der Waals surface area contributed by atoms with E-state index in [9.17, 15) is 9.59 Å². The lowest BCUT2D eigenvalue weighted by molar-refractivity contribution is 0.0697. The number of hydrogen-bond donors (Lipinski definition) is 3. The van der Waals surface area contributed by atoms with Gasteiger partial charge in [0.15, 0.2) is 0 Å². The summed E-state index contributed by atoms with van der Waals surface area (Å²) in [7, 11) is 0. The summed E-state index contributed by atoms with van der Waals surface area (Å²) in [5, 5.41) is 14.3. The van der Waals surface area contributed by atoms with Crippen molar-refractivity contribution in [2.75, 3.05) is 0 Å². The number of carbonyl (C=O) groups is 2. The molecule has 0 aliphatic carbocycles. The second-order valence-corrected chi connectivity index (χ2v) is 5.48. The third-order valence-electron chi connectivity index (χ3n) is 3.05. The summed E-state index contributed by atoms with van der Waals surface area (Å²) in [6.07, 6.45) is 0. The highest BCUT2D eigenvalue weighted by Crippen LogP contribution is 2.15. The molecular weight excluding hydrogens is 348 g/mol. The van der Waals surface area contributed by atoms with E-state index in [1.165, 1.54) is 12.1 Å². The zero-order valence-electron chi connectivity index (χ0n) is 11.7. The summed E-state index contributed by atoms with van der Waals surface area (Å²) in [6.45, 7) is 0.757. The van der Waals surface area contributed by atoms with Crippen molar-refractivity contribution in [3.63, 3.8) is 0 Å². The molecule has 0 fully saturated rings. The number of carboxylic acids is 1. The second-order valence-electron chi connectivity index (χ2n) is 4.63. The molecule has 6 heteroatoms. The Labute approximate surface area is 136 Å². The lowest BCUT2D eigenvalue weighted by atomic mass is 10.1. The molecule has 0 radical (unpaired) electrons. The molecule has 2 aromatic rings. The summed E-state index contributed by atoms with van der Waals surface area (Å²) in [5.74, 6) is -0.967. The van der Waals surface area contributed by atoms with Crippen LogP contribution in [-0.4, -0.2) is 17.1 Å². The minimum absolute atomic E-state index is 0.224. The fourth-order valence-electron chi connectivity index (χ4n) is 1.83. The van der Waals surface area contributed by atoms with E-state index >= 15 is 0 Å². The van der Waals surface area contributed by atoms with Crippen molar-refractivity contribution in [2.24, 2.45) is 0 Å². The Morgan fingerprint density at radius 3 is 2.23 bits per heavy atom. The molecule has 0 heterocycles. The van der Waals surface area contributed by atoms with Gasteiger partial charge in [-0.05, 0) is 29.3 Å². The molecule has 0 aliphatic heterocycles. The lowest BCUT2D eigenvalue weighted by Gasteiger charge is -2.09. The Bertz CT molecular complexity index is 671. The third kappa shape index (κ3) is 4.60. The van der Waals surface area contributed by atoms with Crippen molar-refractivity contribution in [1.82, 2.24) is 10.6 Å². The molecule has 2 rings (SSSR count). The van der Waals surface area contributed by atoms with Gasteiger partial charge >= 0.3 is 12.0 Å². The number of halogens is 1. The van der Waals surface area contributed by atoms with E-state index in [0.717, 1.165) is 15.6 Å². The van der Waals surface area contributed by atoms with E-state index < -0.39 is 5.97 Å². The minimum Gasteiger partial charge on any atom is -0.478 e. The fourth-order valence-corrected chi connectivity index (χ4v) is 2.25. The maximum Gasteiger partial charge on any atom is 0.335 e. The second kappa shape index (κ2) is 7.61. The van der Waals surface area contributed by atoms with Gasteiger partial charge in [0.2, 0.25) is 0 Å². The zero-order chi connectivity index (χ0) is 15.9. The highest BCUT2D eigenvalue weighted by molar-refractivity contribution is 9.10. The first kappa shape index (κ1) is 16.0. The van der Waals surface area contributed by atoms with Gasteiger partial charge in [0.1, 0.15) is 0 Å². The van der Waals surface area contributed by atoms with Gasteiger partial charge < -0.3 is 15.7 Å². The van der Waals surface area contributed by atoms with Gasteiger partial charge in [-0.1, -0.05) is 46.3 Å². The summed E-state index contributed by atoms with van der Waals surface area (Å²) in [5.41, 5.74) is 2.05. The smallest absolute Gasteiger partial charge is 0.335 e. The van der Waals surface area contributed by atoms with Crippen LogP contribution in [0.15, 0.2) is 53.0 Å². The first-order chi connectivity index (χ1) is 10.6. The summed E-state index contributed by atoms with van der Waals surface area (Å²) in [4.78, 5) is 22.5. The molecule has 0 saturated carbocycles. The molecule has 2 aromatic carbocycles. The number of carboxylic acid groups (broad SMARTS) is 1. The van der Waals surface area contributed by atoms with Gasteiger partial charge in [0.05, 0.1) is 5.56 Å². The van der Waals surface area contributed by atoms with Gasteiger partial charge in [-0.2, -0.15) is 0 Å². The van der Waals surface area contributed by atoms with Crippen LogP contribution in [0.4, 0.5) is 4.79 Å². The van der Waals surface area contributed by atoms with Crippen LogP contribution in [-0.2, 0) is 13.1 Å². The van der Waals surface area contributed by atoms with Crippen molar-refractivity contribution in [3.05, 3.63) is 69.7 Å². The molecule has 0 unspecified atom stereocenters. The topological polar surface area (TPSA) is 78.4 Å². The Balaban J connectivity index is 1.80. The van der Waals surface area contributed by atoms with E-state index in [1.807, 2.05) is 24.3 Å². The molecule has 3 N–H and O–H groups in total. The standard InChI is InChI=1S/C16H15BrN2O3/c17-14-4-2-1-3-13(14)10-19-16(22)18-9-11-5-7-12(8-6-11)15(20)21/h1-8H,9-10H2,(H,20,21)(H2,18,19,22). The summed E-state index contributed by atoms with van der Waals surface area (Å²) in [6, 6.07) is 13.8. The molecule has 0 atom stereocenters. The maximum absolute atomic E-state index is 11.7. The fraction of sp³-hybridized carbons (Fsp3) is 0.125. The van der Waals surface area contributed by atoms with E-state index in [0.29, 0.717) is 13.1 Å². The highest BCUT2D eigenvalue weighted by Gasteiger charge is 2.04. The lowest BCUT2D eigenvalue weighted by Crippen LogP contribution is -2.34. The summed E-state index contributed by atoms with van der Waals surface area (Å²) >= 11 is 3.42. The number of carbonyl (C=O) groups excluding carboxylic acids is 1. The van der Waals surface area contributed by atoms with Crippen LogP contribution in [0.1, 0.15) is 21.5 Å². The largest absolute Gasteiger partial charge is 0.478 e. The average Bonchev–Trinajstić information content (AvgIpc) is 2.52. The van der Waals surface area contributed by atoms with Crippen LogP contribution in [0.25, 0.3) is 0 Å². The van der Waals surface area contributed by atoms with Gasteiger partial charge in [0.25, 0.3) is 0 Å². The van der Waals surface area contributed by atoms with E-state index in [2.05, 4.69) is 26.6 Å². The van der Waals surface area contributed by atoms with Crippen LogP contribution in [0.5, 0.6) is 0 Å². The molecule has 114 valence electrons. The highest BCUT2D eigenvalue weighted by atomic mass is 79.9. The third-order valence-corrected chi connectivity index (χ3v) is 3.82. The van der Waals surface area contributed by atoms with Gasteiger partial charge in [-0.3, -0.25) is 0 Å². The number of hydrogen-bond acceptors (Lipinski definition) is 2. The number of rotatable bonds is 5. The van der Waals surface area contributed by atoms with Crippen LogP contribution in [0, 0.1) is 0 Å². The Hall–Kier alpha value is -2.34. The predicted molar refractivity (Wildman–Crippen MR) is 86.6 cm³/mol. The zero-order valence-corrected chi connectivity index (χ0v) is 13.3. The van der Waals surface area contributed by atoms with Crippen molar-refractivity contribution < 1.29 is 14.7 Å². The molecule has 0 aliphatic rings. The first-order valence-corrected chi connectivity index (χ1v) is 7.43. The molecule has 0 spiro atoms. The SMILES string of the molecule is O=C(NCc1ccc(C(=O)O)cc1)NCc1ccccc1Br.